The van der Waals surface area contributed by atoms with Crippen molar-refractivity contribution in [2.45, 2.75) is 56.9 Å². The molecule has 7 rings (SSSR count). The molecule has 5 heterocycles. The summed E-state index contributed by atoms with van der Waals surface area (Å²) >= 11 is 0. The summed E-state index contributed by atoms with van der Waals surface area (Å²) in [7, 11) is 0. The Labute approximate surface area is 318 Å². The Morgan fingerprint density at radius 2 is 1.84 bits per heavy atom. The molecule has 2 saturated heterocycles. The smallest absolute Gasteiger partial charge is 0.264 e. The summed E-state index contributed by atoms with van der Waals surface area (Å²) in [6.07, 6.45) is 9.45. The monoisotopic (exact) mass is 741 g/mol. The first-order valence-corrected chi connectivity index (χ1v) is 18.7. The number of likely N-dealkylation sites (tertiary alicyclic amines) is 1. The van der Waals surface area contributed by atoms with Gasteiger partial charge in [0, 0.05) is 53.9 Å². The summed E-state index contributed by atoms with van der Waals surface area (Å²) in [5, 5.41) is 18.5. The molecule has 0 radical (unpaired) electrons. The van der Waals surface area contributed by atoms with Gasteiger partial charge in [-0.15, -0.1) is 0 Å². The maximum Gasteiger partial charge on any atom is 0.264 e. The van der Waals surface area contributed by atoms with Gasteiger partial charge in [-0.05, 0) is 93.6 Å². The van der Waals surface area contributed by atoms with Crippen molar-refractivity contribution in [2.75, 3.05) is 43.4 Å². The number of nitrogens with zero attached hydrogens (tertiary/aromatic N) is 6. The van der Waals surface area contributed by atoms with Crippen LogP contribution in [0.3, 0.4) is 0 Å². The lowest BCUT2D eigenvalue weighted by atomic mass is 9.89. The maximum absolute atomic E-state index is 13.4. The molecule has 2 aromatic heterocycles. The van der Waals surface area contributed by atoms with Crippen molar-refractivity contribution in [3.05, 3.63) is 83.3 Å². The van der Waals surface area contributed by atoms with Gasteiger partial charge in [0.05, 0.1) is 35.9 Å². The molecule has 15 nitrogen and oxygen atoms in total. The van der Waals surface area contributed by atoms with Gasteiger partial charge < -0.3 is 26.3 Å². The normalized spacial score (nSPS) is 18.2. The van der Waals surface area contributed by atoms with E-state index in [2.05, 4.69) is 66.1 Å². The number of hydrogen-bond acceptors (Lipinski definition) is 12. The average molecular weight is 742 g/mol. The number of amides is 4. The number of hydrogen-bond donors (Lipinski definition) is 5. The van der Waals surface area contributed by atoms with Crippen LogP contribution in [-0.4, -0.2) is 93.4 Å². The molecule has 0 aliphatic carbocycles. The van der Waals surface area contributed by atoms with Crippen LogP contribution < -0.4 is 21.7 Å². The van der Waals surface area contributed by atoms with E-state index >= 15 is 0 Å². The number of aromatic amines is 1. The Balaban J connectivity index is 0.869. The number of carbonyl (C=O) groups excluding carboxylic acids is 4. The van der Waals surface area contributed by atoms with E-state index in [1.54, 1.807) is 30.6 Å². The van der Waals surface area contributed by atoms with Crippen molar-refractivity contribution in [1.82, 2.24) is 30.1 Å². The lowest BCUT2D eigenvalue weighted by Crippen LogP contribution is -2.54. The summed E-state index contributed by atoms with van der Waals surface area (Å²) < 4.78 is 0. The highest BCUT2D eigenvalue weighted by molar-refractivity contribution is 6.25. The molecule has 0 spiro atoms. The van der Waals surface area contributed by atoms with E-state index in [0.717, 1.165) is 61.3 Å². The number of benzene rings is 2. The number of anilines is 3. The van der Waals surface area contributed by atoms with Gasteiger partial charge in [0.1, 0.15) is 11.7 Å². The summed E-state index contributed by atoms with van der Waals surface area (Å²) in [4.78, 5) is 70.8. The molecule has 3 aliphatic heterocycles. The minimum absolute atomic E-state index is 0.0856. The summed E-state index contributed by atoms with van der Waals surface area (Å²) in [6, 6.07) is 16.6. The van der Waals surface area contributed by atoms with Crippen LogP contribution in [0.1, 0.15) is 82.8 Å². The first kappa shape index (κ1) is 36.9. The quantitative estimate of drug-likeness (QED) is 0.0691. The summed E-state index contributed by atoms with van der Waals surface area (Å²) in [5.41, 5.74) is 11.2. The zero-order valence-corrected chi connectivity index (χ0v) is 30.4. The third-order valence-electron chi connectivity index (χ3n) is 10.4. The van der Waals surface area contributed by atoms with Gasteiger partial charge in [0.2, 0.25) is 17.8 Å². The molecule has 3 aliphatic rings. The third kappa shape index (κ3) is 8.09. The van der Waals surface area contributed by atoms with Crippen molar-refractivity contribution in [3.63, 3.8) is 0 Å². The number of aliphatic imine (C=N–C) groups is 1. The highest BCUT2D eigenvalue weighted by atomic mass is 16.2. The number of carbonyl (C=O) groups is 4. The molecule has 2 aromatic carbocycles. The van der Waals surface area contributed by atoms with E-state index in [1.165, 1.54) is 11.8 Å². The molecule has 0 bridgehead atoms. The minimum atomic E-state index is -0.985. The van der Waals surface area contributed by atoms with Crippen LogP contribution in [0.25, 0.3) is 16.6 Å². The molecule has 4 aromatic rings. The van der Waals surface area contributed by atoms with Crippen LogP contribution >= 0.6 is 0 Å². The maximum atomic E-state index is 13.4. The number of piperidine rings is 2. The van der Waals surface area contributed by atoms with Crippen LogP contribution in [0.4, 0.5) is 17.3 Å². The number of H-pyrrole nitrogens is 1. The average Bonchev–Trinajstić information content (AvgIpc) is 3.77. The molecule has 282 valence electrons. The van der Waals surface area contributed by atoms with Gasteiger partial charge in [-0.2, -0.15) is 10.2 Å². The summed E-state index contributed by atoms with van der Waals surface area (Å²) in [6.45, 7) is 4.03. The lowest BCUT2D eigenvalue weighted by Gasteiger charge is -2.32. The zero-order valence-electron chi connectivity index (χ0n) is 30.4. The van der Waals surface area contributed by atoms with Gasteiger partial charge >= 0.3 is 0 Å². The van der Waals surface area contributed by atoms with Crippen LogP contribution in [0.15, 0.2) is 65.9 Å². The second kappa shape index (κ2) is 16.7. The first-order chi connectivity index (χ1) is 26.8. The number of unbranched alkanes of at least 4 members (excludes halogenated alkanes) is 1. The second-order valence-electron chi connectivity index (χ2n) is 13.9. The second-order valence-corrected chi connectivity index (χ2v) is 13.9. The molecule has 2 fully saturated rings. The molecule has 4 amide bonds. The fourth-order valence-electron chi connectivity index (χ4n) is 7.48. The van der Waals surface area contributed by atoms with E-state index in [9.17, 15) is 19.2 Å². The van der Waals surface area contributed by atoms with Crippen molar-refractivity contribution in [2.24, 2.45) is 10.7 Å². The number of aromatic nitrogens is 3. The number of nitrogens with two attached hydrogens (primary N) is 1. The fourth-order valence-corrected chi connectivity index (χ4v) is 7.48. The molecule has 15 heteroatoms. The summed E-state index contributed by atoms with van der Waals surface area (Å²) in [5.74, 6) is -1.12. The Bertz CT molecular complexity index is 2200. The molecular weight excluding hydrogens is 699 g/mol. The lowest BCUT2D eigenvalue weighted by molar-refractivity contribution is -0.136. The number of nitriles is 1. The van der Waals surface area contributed by atoms with Gasteiger partial charge in [-0.1, -0.05) is 18.2 Å². The molecule has 1 unspecified atom stereocenters. The Kier molecular flexibility index (Phi) is 11.2. The minimum Gasteiger partial charge on any atom is -0.404 e. The van der Waals surface area contributed by atoms with Crippen LogP contribution in [0.2, 0.25) is 0 Å². The standard InChI is InChI=1S/C40H43N11O4/c41-16-4-17-43-24-27(23-42)35-30-13-19-45-36(30)49-40(48-35)46-28-9-7-25(8-10-28)26-14-21-50(22-15-26)20-2-1-18-44-31-6-3-5-29-34(31)39(55)51(38(29)54)32-11-12-33(52)47-37(32)53/h3,5-10,13,19,23-24,26,32,44H,1-2,4,11-12,14-15,17-18,20-22,42H2,(H,47,52,53)(H2,45,46,48,49)/b27-23+,43-24?. The van der Waals surface area contributed by atoms with Crippen molar-refractivity contribution in [1.29, 1.82) is 5.26 Å². The number of fused-ring (bicyclic) bond motifs is 2. The van der Waals surface area contributed by atoms with Crippen molar-refractivity contribution in [3.8, 4) is 6.07 Å². The van der Waals surface area contributed by atoms with E-state index in [0.29, 0.717) is 54.0 Å². The van der Waals surface area contributed by atoms with E-state index in [4.69, 9.17) is 16.0 Å². The van der Waals surface area contributed by atoms with E-state index in [1.807, 2.05) is 6.07 Å². The number of nitrogens with one attached hydrogen (secondary N) is 4. The third-order valence-corrected chi connectivity index (χ3v) is 10.4. The molecule has 55 heavy (non-hydrogen) atoms. The van der Waals surface area contributed by atoms with Crippen LogP contribution in [0, 0.1) is 11.3 Å². The Morgan fingerprint density at radius 3 is 2.60 bits per heavy atom. The molecule has 6 N–H and O–H groups in total. The highest BCUT2D eigenvalue weighted by Crippen LogP contribution is 2.33. The fraction of sp³-hybridized carbons (Fsp3) is 0.350. The van der Waals surface area contributed by atoms with E-state index < -0.39 is 29.7 Å². The predicted octanol–water partition coefficient (Wildman–Crippen LogP) is 4.46. The Hall–Kier alpha value is -6.40. The van der Waals surface area contributed by atoms with Gasteiger partial charge in [0.15, 0.2) is 0 Å². The molecule has 0 saturated carbocycles. The predicted molar refractivity (Wildman–Crippen MR) is 209 cm³/mol. The number of allylic oxidation sites excluding steroid dienone is 1. The topological polar surface area (TPSA) is 215 Å². The Morgan fingerprint density at radius 1 is 1.02 bits per heavy atom. The van der Waals surface area contributed by atoms with Crippen LogP contribution in [-0.2, 0) is 9.59 Å². The SMILES string of the molecule is N#CCCN=C/C(=C\N)c1nc(Nc2ccc(C3CCN(CCCCNc4cccc5c4C(=O)N(C4CCC(=O)NC4=O)C5=O)CC3)cc2)nc2[nH]ccc12. The van der Waals surface area contributed by atoms with Gasteiger partial charge in [0.25, 0.3) is 11.8 Å². The molecular formula is C40H43N11O4. The van der Waals surface area contributed by atoms with Crippen molar-refractivity contribution < 1.29 is 19.2 Å². The molecule has 1 atom stereocenters. The number of rotatable bonds is 14. The van der Waals surface area contributed by atoms with Gasteiger partial charge in [-0.25, -0.2) is 4.98 Å². The number of imide groups is 2. The first-order valence-electron chi connectivity index (χ1n) is 18.7. The van der Waals surface area contributed by atoms with Crippen molar-refractivity contribution >= 4 is 63.8 Å². The zero-order chi connectivity index (χ0) is 38.3. The van der Waals surface area contributed by atoms with E-state index in [-0.39, 0.29) is 24.0 Å². The van der Waals surface area contributed by atoms with Crippen LogP contribution in [0.5, 0.6) is 0 Å². The highest BCUT2D eigenvalue weighted by Gasteiger charge is 2.45. The largest absolute Gasteiger partial charge is 0.404 e. The van der Waals surface area contributed by atoms with Gasteiger partial charge in [-0.3, -0.25) is 34.4 Å².